The maximum Gasteiger partial charge on any atom is 0.257 e. The topological polar surface area (TPSA) is 46.3 Å². The number of fused-ring (bicyclic) bond motifs is 1. The fraction of sp³-hybridized carbons (Fsp3) is 0.562. The lowest BCUT2D eigenvalue weighted by atomic mass is 9.75. The third kappa shape index (κ3) is 2.51. The van der Waals surface area contributed by atoms with Crippen LogP contribution >= 0.6 is 11.6 Å². The van der Waals surface area contributed by atoms with Crippen LogP contribution in [0.1, 0.15) is 42.5 Å². The second kappa shape index (κ2) is 5.65. The SMILES string of the molecule is Nc1cccc(Cl)c1C(=O)N1CCC2CCCCC2C1. The molecule has 1 saturated heterocycles. The summed E-state index contributed by atoms with van der Waals surface area (Å²) in [7, 11) is 0. The number of piperidine rings is 1. The standard InChI is InChI=1S/C16H21ClN2O/c17-13-6-3-7-14(18)15(13)16(20)19-9-8-11-4-1-2-5-12(11)10-19/h3,6-7,11-12H,1-2,4-5,8-10,18H2. The number of hydrogen-bond acceptors (Lipinski definition) is 2. The fourth-order valence-electron chi connectivity index (χ4n) is 3.71. The summed E-state index contributed by atoms with van der Waals surface area (Å²) in [4.78, 5) is 14.6. The summed E-state index contributed by atoms with van der Waals surface area (Å²) in [6, 6.07) is 5.26. The molecule has 3 nitrogen and oxygen atoms in total. The Morgan fingerprint density at radius 3 is 2.70 bits per heavy atom. The molecule has 1 aliphatic carbocycles. The molecule has 4 heteroatoms. The van der Waals surface area contributed by atoms with Gasteiger partial charge in [0.05, 0.1) is 10.6 Å². The van der Waals surface area contributed by atoms with Gasteiger partial charge in [0, 0.05) is 18.8 Å². The number of likely N-dealkylation sites (tertiary alicyclic amines) is 1. The molecule has 2 atom stereocenters. The molecule has 3 rings (SSSR count). The van der Waals surface area contributed by atoms with Crippen LogP contribution in [0.5, 0.6) is 0 Å². The van der Waals surface area contributed by atoms with Crippen molar-refractivity contribution in [3.05, 3.63) is 28.8 Å². The van der Waals surface area contributed by atoms with Gasteiger partial charge in [-0.25, -0.2) is 0 Å². The number of nitrogens with zero attached hydrogens (tertiary/aromatic N) is 1. The third-order valence-corrected chi connectivity index (χ3v) is 5.15. The smallest absolute Gasteiger partial charge is 0.257 e. The van der Waals surface area contributed by atoms with Crippen LogP contribution in [-0.4, -0.2) is 23.9 Å². The van der Waals surface area contributed by atoms with Crippen LogP contribution in [-0.2, 0) is 0 Å². The molecule has 1 saturated carbocycles. The summed E-state index contributed by atoms with van der Waals surface area (Å²) in [6.07, 6.45) is 6.37. The highest BCUT2D eigenvalue weighted by atomic mass is 35.5. The van der Waals surface area contributed by atoms with Crippen LogP contribution < -0.4 is 5.73 Å². The van der Waals surface area contributed by atoms with Gasteiger partial charge in [-0.3, -0.25) is 4.79 Å². The molecule has 0 radical (unpaired) electrons. The predicted octanol–water partition coefficient (Wildman–Crippen LogP) is 3.57. The van der Waals surface area contributed by atoms with E-state index in [2.05, 4.69) is 0 Å². The predicted molar refractivity (Wildman–Crippen MR) is 81.8 cm³/mol. The van der Waals surface area contributed by atoms with Gasteiger partial charge in [0.2, 0.25) is 0 Å². The first-order valence-corrected chi connectivity index (χ1v) is 7.88. The quantitative estimate of drug-likeness (QED) is 0.804. The Kier molecular flexibility index (Phi) is 3.88. The Morgan fingerprint density at radius 1 is 1.20 bits per heavy atom. The Hall–Kier alpha value is -1.22. The highest BCUT2D eigenvalue weighted by Gasteiger charge is 2.34. The Bertz CT molecular complexity index is 497. The monoisotopic (exact) mass is 292 g/mol. The molecule has 2 fully saturated rings. The third-order valence-electron chi connectivity index (χ3n) is 4.84. The van der Waals surface area contributed by atoms with Crippen LogP contribution in [0.25, 0.3) is 0 Å². The van der Waals surface area contributed by atoms with Gasteiger partial charge in [-0.15, -0.1) is 0 Å². The fourth-order valence-corrected chi connectivity index (χ4v) is 3.97. The number of halogens is 1. The van der Waals surface area contributed by atoms with Gasteiger partial charge in [-0.05, 0) is 36.8 Å². The van der Waals surface area contributed by atoms with Gasteiger partial charge in [-0.2, -0.15) is 0 Å². The summed E-state index contributed by atoms with van der Waals surface area (Å²) >= 11 is 6.15. The van der Waals surface area contributed by atoms with Gasteiger partial charge in [0.25, 0.3) is 5.91 Å². The number of carbonyl (C=O) groups excluding carboxylic acids is 1. The molecule has 0 aromatic heterocycles. The van der Waals surface area contributed by atoms with Crippen molar-refractivity contribution in [1.29, 1.82) is 0 Å². The highest BCUT2D eigenvalue weighted by molar-refractivity contribution is 6.34. The van der Waals surface area contributed by atoms with Crippen LogP contribution in [0.3, 0.4) is 0 Å². The Morgan fingerprint density at radius 2 is 1.95 bits per heavy atom. The number of nitrogens with two attached hydrogens (primary N) is 1. The van der Waals surface area contributed by atoms with E-state index in [0.717, 1.165) is 25.4 Å². The second-order valence-electron chi connectivity index (χ2n) is 6.05. The molecule has 20 heavy (non-hydrogen) atoms. The van der Waals surface area contributed by atoms with Crippen molar-refractivity contribution >= 4 is 23.2 Å². The van der Waals surface area contributed by atoms with Gasteiger partial charge < -0.3 is 10.6 Å². The van der Waals surface area contributed by atoms with E-state index < -0.39 is 0 Å². The van der Waals surface area contributed by atoms with Crippen molar-refractivity contribution in [1.82, 2.24) is 4.90 Å². The lowest BCUT2D eigenvalue weighted by Crippen LogP contribution is -2.45. The largest absolute Gasteiger partial charge is 0.398 e. The average molecular weight is 293 g/mol. The first-order chi connectivity index (χ1) is 9.66. The number of amides is 1. The molecule has 2 unspecified atom stereocenters. The van der Waals surface area contributed by atoms with E-state index in [1.165, 1.54) is 25.7 Å². The maximum atomic E-state index is 12.7. The molecule has 2 aliphatic rings. The van der Waals surface area contributed by atoms with Crippen molar-refractivity contribution < 1.29 is 4.79 Å². The summed E-state index contributed by atoms with van der Waals surface area (Å²) in [5.74, 6) is 1.48. The van der Waals surface area contributed by atoms with E-state index in [4.69, 9.17) is 17.3 Å². The minimum Gasteiger partial charge on any atom is -0.398 e. The normalized spacial score (nSPS) is 26.1. The van der Waals surface area contributed by atoms with Crippen LogP contribution in [0.15, 0.2) is 18.2 Å². The van der Waals surface area contributed by atoms with Crippen molar-refractivity contribution in [2.24, 2.45) is 11.8 Å². The van der Waals surface area contributed by atoms with E-state index in [9.17, 15) is 4.79 Å². The summed E-state index contributed by atoms with van der Waals surface area (Å²) < 4.78 is 0. The molecule has 1 amide bonds. The van der Waals surface area contributed by atoms with Gasteiger partial charge in [0.1, 0.15) is 0 Å². The molecule has 0 bridgehead atoms. The van der Waals surface area contributed by atoms with E-state index >= 15 is 0 Å². The molecular formula is C16H21ClN2O. The van der Waals surface area contributed by atoms with Crippen molar-refractivity contribution in [2.45, 2.75) is 32.1 Å². The summed E-state index contributed by atoms with van der Waals surface area (Å²) in [5, 5.41) is 0.459. The molecule has 0 spiro atoms. The summed E-state index contributed by atoms with van der Waals surface area (Å²) in [5.41, 5.74) is 6.88. The number of hydrogen-bond donors (Lipinski definition) is 1. The van der Waals surface area contributed by atoms with Crippen LogP contribution in [0.2, 0.25) is 5.02 Å². The second-order valence-corrected chi connectivity index (χ2v) is 6.46. The van der Waals surface area contributed by atoms with Gasteiger partial charge >= 0.3 is 0 Å². The molecule has 2 N–H and O–H groups in total. The zero-order valence-corrected chi connectivity index (χ0v) is 12.4. The van der Waals surface area contributed by atoms with Gasteiger partial charge in [-0.1, -0.05) is 36.9 Å². The van der Waals surface area contributed by atoms with Crippen molar-refractivity contribution in [3.63, 3.8) is 0 Å². The number of nitrogen functional groups attached to an aromatic ring is 1. The minimum absolute atomic E-state index is 0.00266. The molecule has 1 heterocycles. The maximum absolute atomic E-state index is 12.7. The van der Waals surface area contributed by atoms with Crippen LogP contribution in [0, 0.1) is 11.8 Å². The van der Waals surface area contributed by atoms with E-state index in [0.29, 0.717) is 22.2 Å². The number of benzene rings is 1. The average Bonchev–Trinajstić information content (AvgIpc) is 2.46. The van der Waals surface area contributed by atoms with Crippen LogP contribution in [0.4, 0.5) is 5.69 Å². The van der Waals surface area contributed by atoms with Crippen molar-refractivity contribution in [3.8, 4) is 0 Å². The molecular weight excluding hydrogens is 272 g/mol. The first kappa shape index (κ1) is 13.7. The zero-order chi connectivity index (χ0) is 14.1. The number of carbonyl (C=O) groups is 1. The van der Waals surface area contributed by atoms with E-state index in [-0.39, 0.29) is 5.91 Å². The highest BCUT2D eigenvalue weighted by Crippen LogP contribution is 2.37. The minimum atomic E-state index is -0.00266. The Balaban J connectivity index is 1.78. The van der Waals surface area contributed by atoms with E-state index in [1.54, 1.807) is 18.2 Å². The molecule has 1 aliphatic heterocycles. The summed E-state index contributed by atoms with van der Waals surface area (Å²) in [6.45, 7) is 1.71. The van der Waals surface area contributed by atoms with Crippen molar-refractivity contribution in [2.75, 3.05) is 18.8 Å². The Labute approximate surface area is 125 Å². The molecule has 1 aromatic carbocycles. The number of rotatable bonds is 1. The van der Waals surface area contributed by atoms with E-state index in [1.807, 2.05) is 4.90 Å². The first-order valence-electron chi connectivity index (χ1n) is 7.50. The zero-order valence-electron chi connectivity index (χ0n) is 11.6. The molecule has 108 valence electrons. The lowest BCUT2D eigenvalue weighted by Gasteiger charge is -2.41. The number of anilines is 1. The van der Waals surface area contributed by atoms with Gasteiger partial charge in [0.15, 0.2) is 0 Å². The molecule has 1 aromatic rings. The lowest BCUT2D eigenvalue weighted by molar-refractivity contribution is 0.0522.